The minimum absolute atomic E-state index is 0.200. The fourth-order valence-corrected chi connectivity index (χ4v) is 2.44. The summed E-state index contributed by atoms with van der Waals surface area (Å²) >= 11 is 0. The number of nitrogens with zero attached hydrogens (tertiary/aromatic N) is 2. The van der Waals surface area contributed by atoms with E-state index in [0.29, 0.717) is 6.42 Å². The SMILES string of the molecule is Cc1nc(N2CCCCCC2)ccc1CCO. The third-order valence-corrected chi connectivity index (χ3v) is 3.49. The van der Waals surface area contributed by atoms with E-state index in [1.807, 2.05) is 6.92 Å². The fraction of sp³-hybridized carbons (Fsp3) is 0.643. The molecule has 1 aliphatic heterocycles. The van der Waals surface area contributed by atoms with E-state index in [4.69, 9.17) is 5.11 Å². The number of aryl methyl sites for hydroxylation is 1. The van der Waals surface area contributed by atoms with E-state index in [9.17, 15) is 0 Å². The fourth-order valence-electron chi connectivity index (χ4n) is 2.44. The summed E-state index contributed by atoms with van der Waals surface area (Å²) in [7, 11) is 0. The predicted octanol–water partition coefficient (Wildman–Crippen LogP) is 2.31. The molecule has 1 fully saturated rings. The molecule has 2 rings (SSSR count). The number of aliphatic hydroxyl groups excluding tert-OH is 1. The Morgan fingerprint density at radius 2 is 1.88 bits per heavy atom. The number of aliphatic hydroxyl groups is 1. The predicted molar refractivity (Wildman–Crippen MR) is 70.4 cm³/mol. The Labute approximate surface area is 103 Å². The van der Waals surface area contributed by atoms with Gasteiger partial charge in [0.2, 0.25) is 0 Å². The Kier molecular flexibility index (Phi) is 4.37. The van der Waals surface area contributed by atoms with E-state index in [-0.39, 0.29) is 6.61 Å². The van der Waals surface area contributed by atoms with Crippen LogP contribution in [0.15, 0.2) is 12.1 Å². The van der Waals surface area contributed by atoms with Gasteiger partial charge >= 0.3 is 0 Å². The largest absolute Gasteiger partial charge is 0.396 e. The average Bonchev–Trinajstić information content (AvgIpc) is 2.60. The summed E-state index contributed by atoms with van der Waals surface area (Å²) in [6.45, 7) is 4.50. The molecule has 1 aromatic rings. The van der Waals surface area contributed by atoms with Crippen molar-refractivity contribution in [3.8, 4) is 0 Å². The number of aromatic nitrogens is 1. The van der Waals surface area contributed by atoms with Crippen LogP contribution < -0.4 is 4.90 Å². The first-order valence-corrected chi connectivity index (χ1v) is 6.63. The summed E-state index contributed by atoms with van der Waals surface area (Å²) in [6.07, 6.45) is 5.95. The number of rotatable bonds is 3. The van der Waals surface area contributed by atoms with Crippen molar-refractivity contribution in [2.45, 2.75) is 39.0 Å². The molecular weight excluding hydrogens is 212 g/mol. The van der Waals surface area contributed by atoms with Gasteiger partial charge in [0.05, 0.1) is 0 Å². The summed E-state index contributed by atoms with van der Waals surface area (Å²) in [5, 5.41) is 8.96. The molecule has 3 heteroatoms. The van der Waals surface area contributed by atoms with Crippen molar-refractivity contribution in [1.29, 1.82) is 0 Å². The Bertz CT molecular complexity index is 357. The number of pyridine rings is 1. The molecule has 3 nitrogen and oxygen atoms in total. The standard InChI is InChI=1S/C14H22N2O/c1-12-13(8-11-17)6-7-14(15-12)16-9-4-2-3-5-10-16/h6-7,17H,2-5,8-11H2,1H3. The van der Waals surface area contributed by atoms with Crippen molar-refractivity contribution in [3.63, 3.8) is 0 Å². The average molecular weight is 234 g/mol. The molecule has 0 aliphatic carbocycles. The van der Waals surface area contributed by atoms with Crippen molar-refractivity contribution in [1.82, 2.24) is 4.98 Å². The summed E-state index contributed by atoms with van der Waals surface area (Å²) in [6, 6.07) is 4.21. The molecule has 0 spiro atoms. The van der Waals surface area contributed by atoms with E-state index >= 15 is 0 Å². The molecule has 0 bridgehead atoms. The van der Waals surface area contributed by atoms with Crippen LogP contribution in [0.1, 0.15) is 36.9 Å². The molecule has 0 atom stereocenters. The van der Waals surface area contributed by atoms with Gasteiger partial charge in [0, 0.05) is 25.4 Å². The summed E-state index contributed by atoms with van der Waals surface area (Å²) < 4.78 is 0. The van der Waals surface area contributed by atoms with E-state index < -0.39 is 0 Å². The van der Waals surface area contributed by atoms with Crippen LogP contribution in [0.25, 0.3) is 0 Å². The van der Waals surface area contributed by atoms with Gasteiger partial charge in [-0.05, 0) is 37.8 Å². The summed E-state index contributed by atoms with van der Waals surface area (Å²) in [5.74, 6) is 1.10. The Morgan fingerprint density at radius 3 is 2.47 bits per heavy atom. The van der Waals surface area contributed by atoms with Crippen LogP contribution in [0.4, 0.5) is 5.82 Å². The molecule has 17 heavy (non-hydrogen) atoms. The van der Waals surface area contributed by atoms with Gasteiger partial charge in [-0.3, -0.25) is 0 Å². The zero-order chi connectivity index (χ0) is 12.1. The number of hydrogen-bond acceptors (Lipinski definition) is 3. The molecule has 1 N–H and O–H groups in total. The summed E-state index contributed by atoms with van der Waals surface area (Å²) in [5.41, 5.74) is 2.21. The highest BCUT2D eigenvalue weighted by Crippen LogP contribution is 2.19. The highest BCUT2D eigenvalue weighted by Gasteiger charge is 2.11. The van der Waals surface area contributed by atoms with Gasteiger partial charge < -0.3 is 10.0 Å². The minimum Gasteiger partial charge on any atom is -0.396 e. The molecule has 0 aromatic carbocycles. The highest BCUT2D eigenvalue weighted by molar-refractivity contribution is 5.41. The zero-order valence-corrected chi connectivity index (χ0v) is 10.7. The molecule has 0 radical (unpaired) electrons. The quantitative estimate of drug-likeness (QED) is 0.872. The van der Waals surface area contributed by atoms with Crippen LogP contribution in [-0.4, -0.2) is 29.8 Å². The second kappa shape index (κ2) is 6.01. The number of anilines is 1. The van der Waals surface area contributed by atoms with Crippen molar-refractivity contribution in [2.24, 2.45) is 0 Å². The van der Waals surface area contributed by atoms with Crippen LogP contribution in [0.2, 0.25) is 0 Å². The van der Waals surface area contributed by atoms with E-state index in [1.54, 1.807) is 0 Å². The monoisotopic (exact) mass is 234 g/mol. The van der Waals surface area contributed by atoms with Gasteiger partial charge in [0.1, 0.15) is 5.82 Å². The van der Waals surface area contributed by atoms with Crippen molar-refractivity contribution in [3.05, 3.63) is 23.4 Å². The molecule has 1 saturated heterocycles. The molecule has 1 aliphatic rings. The van der Waals surface area contributed by atoms with Crippen LogP contribution in [0.3, 0.4) is 0 Å². The maximum atomic E-state index is 8.96. The summed E-state index contributed by atoms with van der Waals surface area (Å²) in [4.78, 5) is 7.06. The molecule has 0 saturated carbocycles. The molecule has 1 aromatic heterocycles. The van der Waals surface area contributed by atoms with Gasteiger partial charge in [-0.2, -0.15) is 0 Å². The first kappa shape index (κ1) is 12.4. The molecule has 2 heterocycles. The Morgan fingerprint density at radius 1 is 1.18 bits per heavy atom. The maximum absolute atomic E-state index is 8.96. The zero-order valence-electron chi connectivity index (χ0n) is 10.7. The van der Waals surface area contributed by atoms with Crippen LogP contribution >= 0.6 is 0 Å². The van der Waals surface area contributed by atoms with Crippen molar-refractivity contribution >= 4 is 5.82 Å². The van der Waals surface area contributed by atoms with Crippen molar-refractivity contribution < 1.29 is 5.11 Å². The van der Waals surface area contributed by atoms with Crippen LogP contribution in [0, 0.1) is 6.92 Å². The van der Waals surface area contributed by atoms with Gasteiger partial charge in [-0.15, -0.1) is 0 Å². The first-order valence-electron chi connectivity index (χ1n) is 6.63. The topological polar surface area (TPSA) is 36.4 Å². The molecular formula is C14H22N2O. The maximum Gasteiger partial charge on any atom is 0.128 e. The second-order valence-corrected chi connectivity index (χ2v) is 4.79. The van der Waals surface area contributed by atoms with Gasteiger partial charge in [-0.25, -0.2) is 4.98 Å². The van der Waals surface area contributed by atoms with Gasteiger partial charge in [0.15, 0.2) is 0 Å². The van der Waals surface area contributed by atoms with Crippen molar-refractivity contribution in [2.75, 3.05) is 24.6 Å². The van der Waals surface area contributed by atoms with E-state index in [0.717, 1.165) is 30.2 Å². The first-order chi connectivity index (χ1) is 8.31. The lowest BCUT2D eigenvalue weighted by Gasteiger charge is -2.22. The normalized spacial score (nSPS) is 16.9. The van der Waals surface area contributed by atoms with E-state index in [1.165, 1.54) is 25.7 Å². The molecule has 0 amide bonds. The van der Waals surface area contributed by atoms with E-state index in [2.05, 4.69) is 22.0 Å². The lowest BCUT2D eigenvalue weighted by atomic mass is 10.1. The Balaban J connectivity index is 2.12. The number of hydrogen-bond donors (Lipinski definition) is 1. The lowest BCUT2D eigenvalue weighted by Crippen LogP contribution is -2.25. The molecule has 94 valence electrons. The highest BCUT2D eigenvalue weighted by atomic mass is 16.2. The third kappa shape index (κ3) is 3.19. The van der Waals surface area contributed by atoms with Crippen LogP contribution in [-0.2, 0) is 6.42 Å². The Hall–Kier alpha value is -1.09. The second-order valence-electron chi connectivity index (χ2n) is 4.79. The lowest BCUT2D eigenvalue weighted by molar-refractivity contribution is 0.299. The molecule has 0 unspecified atom stereocenters. The smallest absolute Gasteiger partial charge is 0.128 e. The third-order valence-electron chi connectivity index (χ3n) is 3.49. The van der Waals surface area contributed by atoms with Gasteiger partial charge in [0.25, 0.3) is 0 Å². The van der Waals surface area contributed by atoms with Crippen LogP contribution in [0.5, 0.6) is 0 Å². The van der Waals surface area contributed by atoms with Gasteiger partial charge in [-0.1, -0.05) is 18.9 Å². The minimum atomic E-state index is 0.200.